The minimum absolute atomic E-state index is 0. The van der Waals surface area contributed by atoms with Crippen molar-refractivity contribution in [1.29, 1.82) is 0 Å². The molecule has 122 valence electrons. The molecule has 0 atom stereocenters. The van der Waals surface area contributed by atoms with E-state index in [0.717, 1.165) is 24.1 Å². The van der Waals surface area contributed by atoms with Crippen LogP contribution in [0.4, 0.5) is 0 Å². The summed E-state index contributed by atoms with van der Waals surface area (Å²) in [5.41, 5.74) is 0.877. The number of guanidine groups is 1. The maximum Gasteiger partial charge on any atom is 0.191 e. The first-order valence-corrected chi connectivity index (χ1v) is 7.56. The largest absolute Gasteiger partial charge is 0.364 e. The average molecular weight is 408 g/mol. The second kappa shape index (κ2) is 12.9. The van der Waals surface area contributed by atoms with Gasteiger partial charge in [0.15, 0.2) is 5.96 Å². The van der Waals surface area contributed by atoms with Crippen molar-refractivity contribution in [3.8, 4) is 0 Å². The van der Waals surface area contributed by atoms with Crippen LogP contribution in [-0.4, -0.2) is 24.7 Å². The summed E-state index contributed by atoms with van der Waals surface area (Å²) in [4.78, 5) is 4.18. The molecule has 0 fully saturated rings. The van der Waals surface area contributed by atoms with E-state index in [1.165, 1.54) is 32.1 Å². The third-order valence-electron chi connectivity index (χ3n) is 3.15. The molecule has 5 nitrogen and oxygen atoms in total. The number of hydrogen-bond acceptors (Lipinski definition) is 3. The SMILES string of the molecule is CN=C(NCCCCCCC(C)C)NCc1ccon1.I. The minimum atomic E-state index is 0. The Morgan fingerprint density at radius 2 is 2.00 bits per heavy atom. The highest BCUT2D eigenvalue weighted by atomic mass is 127. The fourth-order valence-electron chi connectivity index (χ4n) is 1.96. The van der Waals surface area contributed by atoms with Crippen LogP contribution >= 0.6 is 24.0 Å². The van der Waals surface area contributed by atoms with Crippen molar-refractivity contribution in [2.45, 2.75) is 52.5 Å². The van der Waals surface area contributed by atoms with E-state index >= 15 is 0 Å². The normalized spacial score (nSPS) is 11.3. The molecule has 0 spiro atoms. The Bertz CT molecular complexity index is 366. The van der Waals surface area contributed by atoms with Crippen LogP contribution in [0.25, 0.3) is 0 Å². The molecule has 2 N–H and O–H groups in total. The number of unbranched alkanes of at least 4 members (excludes halogenated alkanes) is 3. The number of nitrogens with zero attached hydrogens (tertiary/aromatic N) is 2. The fourth-order valence-corrected chi connectivity index (χ4v) is 1.96. The molecule has 1 rings (SSSR count). The van der Waals surface area contributed by atoms with E-state index < -0.39 is 0 Å². The van der Waals surface area contributed by atoms with E-state index in [0.29, 0.717) is 6.54 Å². The Labute approximate surface area is 145 Å². The van der Waals surface area contributed by atoms with Gasteiger partial charge in [0, 0.05) is 19.7 Å². The maximum absolute atomic E-state index is 4.78. The summed E-state index contributed by atoms with van der Waals surface area (Å²) in [6, 6.07) is 1.84. The van der Waals surface area contributed by atoms with Gasteiger partial charge in [-0.05, 0) is 12.3 Å². The van der Waals surface area contributed by atoms with Crippen LogP contribution in [0.5, 0.6) is 0 Å². The summed E-state index contributed by atoms with van der Waals surface area (Å²) in [5, 5.41) is 10.4. The number of aliphatic imine (C=N–C) groups is 1. The summed E-state index contributed by atoms with van der Waals surface area (Å²) in [6.07, 6.45) is 8.04. The van der Waals surface area contributed by atoms with Crippen LogP contribution in [0.3, 0.4) is 0 Å². The molecule has 0 aliphatic heterocycles. The molecule has 0 bridgehead atoms. The lowest BCUT2D eigenvalue weighted by molar-refractivity contribution is 0.410. The van der Waals surface area contributed by atoms with Crippen molar-refractivity contribution in [1.82, 2.24) is 15.8 Å². The number of hydrogen-bond donors (Lipinski definition) is 2. The van der Waals surface area contributed by atoms with Crippen molar-refractivity contribution >= 4 is 29.9 Å². The maximum atomic E-state index is 4.78. The van der Waals surface area contributed by atoms with E-state index in [1.54, 1.807) is 13.3 Å². The average Bonchev–Trinajstić information content (AvgIpc) is 2.94. The molecule has 1 aromatic rings. The minimum Gasteiger partial charge on any atom is -0.364 e. The Morgan fingerprint density at radius 1 is 1.24 bits per heavy atom. The highest BCUT2D eigenvalue weighted by Gasteiger charge is 2.00. The highest BCUT2D eigenvalue weighted by Crippen LogP contribution is 2.08. The zero-order valence-corrected chi connectivity index (χ0v) is 15.7. The molecular formula is C15H29IN4O. The Hall–Kier alpha value is -0.790. The smallest absolute Gasteiger partial charge is 0.191 e. The lowest BCUT2D eigenvalue weighted by Gasteiger charge is -2.10. The molecule has 21 heavy (non-hydrogen) atoms. The first-order chi connectivity index (χ1) is 9.72. The standard InChI is InChI=1S/C15H28N4O.HI/c1-13(2)8-6-4-5-7-10-17-15(16-3)18-12-14-9-11-20-19-14;/h9,11,13H,4-8,10,12H2,1-3H3,(H2,16,17,18);1H. The summed E-state index contributed by atoms with van der Waals surface area (Å²) >= 11 is 0. The third kappa shape index (κ3) is 10.6. The Balaban J connectivity index is 0.00000400. The molecule has 0 saturated carbocycles. The van der Waals surface area contributed by atoms with Crippen molar-refractivity contribution in [2.75, 3.05) is 13.6 Å². The van der Waals surface area contributed by atoms with E-state index in [9.17, 15) is 0 Å². The van der Waals surface area contributed by atoms with E-state index in [4.69, 9.17) is 4.52 Å². The highest BCUT2D eigenvalue weighted by molar-refractivity contribution is 14.0. The second-order valence-corrected chi connectivity index (χ2v) is 5.44. The molecule has 1 aromatic heterocycles. The predicted molar refractivity (Wildman–Crippen MR) is 98.0 cm³/mol. The van der Waals surface area contributed by atoms with Crippen LogP contribution in [0.2, 0.25) is 0 Å². The zero-order valence-electron chi connectivity index (χ0n) is 13.4. The molecule has 0 aliphatic carbocycles. The number of rotatable bonds is 9. The van der Waals surface area contributed by atoms with E-state index in [2.05, 4.69) is 34.6 Å². The summed E-state index contributed by atoms with van der Waals surface area (Å²) in [6.45, 7) is 6.16. The van der Waals surface area contributed by atoms with Crippen LogP contribution in [-0.2, 0) is 6.54 Å². The summed E-state index contributed by atoms with van der Waals surface area (Å²) < 4.78 is 4.78. The Kier molecular flexibility index (Phi) is 12.4. The predicted octanol–water partition coefficient (Wildman–Crippen LogP) is 3.56. The molecule has 6 heteroatoms. The van der Waals surface area contributed by atoms with Gasteiger partial charge in [0.05, 0.1) is 6.54 Å². The van der Waals surface area contributed by atoms with Crippen LogP contribution in [0.1, 0.15) is 51.6 Å². The second-order valence-electron chi connectivity index (χ2n) is 5.44. The van der Waals surface area contributed by atoms with E-state index in [-0.39, 0.29) is 24.0 Å². The van der Waals surface area contributed by atoms with Gasteiger partial charge in [-0.3, -0.25) is 4.99 Å². The molecule has 0 radical (unpaired) electrons. The van der Waals surface area contributed by atoms with Gasteiger partial charge in [0.1, 0.15) is 12.0 Å². The van der Waals surface area contributed by atoms with Gasteiger partial charge in [-0.25, -0.2) is 0 Å². The van der Waals surface area contributed by atoms with Gasteiger partial charge in [-0.1, -0.05) is 44.7 Å². The lowest BCUT2D eigenvalue weighted by Crippen LogP contribution is -2.37. The van der Waals surface area contributed by atoms with E-state index in [1.807, 2.05) is 6.07 Å². The molecule has 0 saturated heterocycles. The fraction of sp³-hybridized carbons (Fsp3) is 0.733. The Morgan fingerprint density at radius 3 is 2.62 bits per heavy atom. The van der Waals surface area contributed by atoms with Crippen molar-refractivity contribution in [2.24, 2.45) is 10.9 Å². The number of aromatic nitrogens is 1. The topological polar surface area (TPSA) is 62.5 Å². The van der Waals surface area contributed by atoms with Gasteiger partial charge in [0.25, 0.3) is 0 Å². The zero-order chi connectivity index (χ0) is 14.6. The quantitative estimate of drug-likeness (QED) is 0.284. The summed E-state index contributed by atoms with van der Waals surface area (Å²) in [5.74, 6) is 1.64. The lowest BCUT2D eigenvalue weighted by atomic mass is 10.0. The molecular weight excluding hydrogens is 379 g/mol. The molecule has 0 aliphatic rings. The van der Waals surface area contributed by atoms with Crippen molar-refractivity contribution in [3.05, 3.63) is 18.0 Å². The van der Waals surface area contributed by atoms with Crippen molar-refractivity contribution in [3.63, 3.8) is 0 Å². The van der Waals surface area contributed by atoms with Gasteiger partial charge in [-0.15, -0.1) is 24.0 Å². The van der Waals surface area contributed by atoms with Gasteiger partial charge < -0.3 is 15.2 Å². The first-order valence-electron chi connectivity index (χ1n) is 7.56. The number of halogens is 1. The molecule has 0 amide bonds. The van der Waals surface area contributed by atoms with Gasteiger partial charge in [0.2, 0.25) is 0 Å². The van der Waals surface area contributed by atoms with Gasteiger partial charge >= 0.3 is 0 Å². The monoisotopic (exact) mass is 408 g/mol. The van der Waals surface area contributed by atoms with Crippen molar-refractivity contribution < 1.29 is 4.52 Å². The summed E-state index contributed by atoms with van der Waals surface area (Å²) in [7, 11) is 1.78. The molecule has 1 heterocycles. The van der Waals surface area contributed by atoms with Gasteiger partial charge in [-0.2, -0.15) is 0 Å². The third-order valence-corrected chi connectivity index (χ3v) is 3.15. The van der Waals surface area contributed by atoms with Crippen LogP contribution in [0.15, 0.2) is 21.8 Å². The first kappa shape index (κ1) is 20.2. The molecule has 0 aromatic carbocycles. The van der Waals surface area contributed by atoms with Crippen LogP contribution in [0, 0.1) is 5.92 Å². The molecule has 0 unspecified atom stereocenters. The number of nitrogens with one attached hydrogen (secondary N) is 2. The van der Waals surface area contributed by atoms with Crippen LogP contribution < -0.4 is 10.6 Å².